The Morgan fingerprint density at radius 3 is 2.67 bits per heavy atom. The third-order valence-corrected chi connectivity index (χ3v) is 3.68. The topological polar surface area (TPSA) is 9.49 Å². The fraction of sp³-hybridized carbons (Fsp3) is 0.917. The molecule has 2 rings (SSSR count). The molecule has 3 heteroatoms. The van der Waals surface area contributed by atoms with Gasteiger partial charge in [0.1, 0.15) is 6.67 Å². The Kier molecular flexibility index (Phi) is 3.62. The van der Waals surface area contributed by atoms with Crippen LogP contribution < -0.4 is 0 Å². The smallest absolute Gasteiger partial charge is 0.248 e. The van der Waals surface area contributed by atoms with E-state index in [1.54, 1.807) is 5.84 Å². The zero-order valence-corrected chi connectivity index (χ0v) is 10.2. The van der Waals surface area contributed by atoms with Gasteiger partial charge in [-0.2, -0.15) is 0 Å². The first-order valence-corrected chi connectivity index (χ1v) is 6.43. The zero-order chi connectivity index (χ0) is 10.7. The van der Waals surface area contributed by atoms with Gasteiger partial charge in [-0.15, -0.1) is 0 Å². The van der Waals surface area contributed by atoms with Gasteiger partial charge in [0, 0.05) is 6.42 Å². The first kappa shape index (κ1) is 10.9. The molecule has 0 saturated carbocycles. The lowest BCUT2D eigenvalue weighted by Gasteiger charge is -2.28. The summed E-state index contributed by atoms with van der Waals surface area (Å²) in [4.78, 5) is 5.11. The van der Waals surface area contributed by atoms with Crippen molar-refractivity contribution in [1.82, 2.24) is 9.80 Å². The second-order valence-corrected chi connectivity index (χ2v) is 4.57. The molecule has 0 atom stereocenters. The molecule has 0 radical (unpaired) electrons. The van der Waals surface area contributed by atoms with Crippen molar-refractivity contribution >= 4 is 5.84 Å². The number of rotatable bonds is 4. The molecule has 0 amide bonds. The highest BCUT2D eigenvalue weighted by molar-refractivity contribution is 5.78. The molecule has 2 aliphatic rings. The fourth-order valence-electron chi connectivity index (χ4n) is 2.71. The summed E-state index contributed by atoms with van der Waals surface area (Å²) in [6, 6.07) is 0. The maximum atomic E-state index is 2.60. The minimum absolute atomic E-state index is 1.14. The van der Waals surface area contributed by atoms with Crippen LogP contribution in [0.1, 0.15) is 33.1 Å². The summed E-state index contributed by atoms with van der Waals surface area (Å²) in [6.45, 7) is 11.8. The lowest BCUT2D eigenvalue weighted by molar-refractivity contribution is -0.530. The summed E-state index contributed by atoms with van der Waals surface area (Å²) in [5.74, 6) is 1.62. The second-order valence-electron chi connectivity index (χ2n) is 4.57. The summed E-state index contributed by atoms with van der Waals surface area (Å²) in [7, 11) is 0. The van der Waals surface area contributed by atoms with Gasteiger partial charge in [-0.1, -0.05) is 13.8 Å². The molecule has 0 fully saturated rings. The van der Waals surface area contributed by atoms with E-state index >= 15 is 0 Å². The molecule has 3 nitrogen and oxygen atoms in total. The molecule has 0 bridgehead atoms. The highest BCUT2D eigenvalue weighted by Crippen LogP contribution is 2.14. The van der Waals surface area contributed by atoms with E-state index in [0.29, 0.717) is 0 Å². The van der Waals surface area contributed by atoms with Gasteiger partial charge in [0.05, 0.1) is 26.1 Å². The summed E-state index contributed by atoms with van der Waals surface area (Å²) >= 11 is 0. The Bertz CT molecular complexity index is 243. The van der Waals surface area contributed by atoms with Crippen LogP contribution in [0.4, 0.5) is 0 Å². The maximum absolute atomic E-state index is 2.60. The first-order chi connectivity index (χ1) is 7.35. The zero-order valence-electron chi connectivity index (χ0n) is 10.2. The molecule has 0 aliphatic carbocycles. The van der Waals surface area contributed by atoms with Gasteiger partial charge in [0.2, 0.25) is 5.84 Å². The molecule has 15 heavy (non-hydrogen) atoms. The largest absolute Gasteiger partial charge is 0.268 e. The number of nitrogens with zero attached hydrogens (tertiary/aromatic N) is 3. The second kappa shape index (κ2) is 4.97. The van der Waals surface area contributed by atoms with Crippen molar-refractivity contribution in [3.63, 3.8) is 0 Å². The average Bonchev–Trinajstić information content (AvgIpc) is 2.74. The van der Waals surface area contributed by atoms with Gasteiger partial charge < -0.3 is 0 Å². The third-order valence-electron chi connectivity index (χ3n) is 3.68. The Morgan fingerprint density at radius 2 is 1.93 bits per heavy atom. The highest BCUT2D eigenvalue weighted by atomic mass is 15.4. The Morgan fingerprint density at radius 1 is 1.20 bits per heavy atom. The van der Waals surface area contributed by atoms with Gasteiger partial charge >= 0.3 is 0 Å². The van der Waals surface area contributed by atoms with E-state index in [0.717, 1.165) is 6.67 Å². The minimum Gasteiger partial charge on any atom is -0.268 e. The SMILES string of the molecule is CCN(CC)CN1CCC[N+]2=C1CCC2. The standard InChI is InChI=1S/C12H24N3/c1-3-13(4-2)11-15-10-6-9-14-8-5-7-12(14)15/h3-11H2,1-2H3/q+1. The van der Waals surface area contributed by atoms with Crippen LogP contribution in [-0.2, 0) is 0 Å². The van der Waals surface area contributed by atoms with Crippen LogP contribution in [0.25, 0.3) is 0 Å². The lowest BCUT2D eigenvalue weighted by atomic mass is 10.3. The quantitative estimate of drug-likeness (QED) is 0.645. The van der Waals surface area contributed by atoms with Gasteiger partial charge in [0.25, 0.3) is 0 Å². The Labute approximate surface area is 93.4 Å². The summed E-state index contributed by atoms with van der Waals surface area (Å²) in [5, 5.41) is 0. The average molecular weight is 210 g/mol. The number of hydrogen-bond donors (Lipinski definition) is 0. The van der Waals surface area contributed by atoms with Crippen molar-refractivity contribution in [2.75, 3.05) is 39.4 Å². The van der Waals surface area contributed by atoms with Crippen LogP contribution in [0.15, 0.2) is 0 Å². The van der Waals surface area contributed by atoms with Crippen molar-refractivity contribution in [3.05, 3.63) is 0 Å². The fourth-order valence-corrected chi connectivity index (χ4v) is 2.71. The van der Waals surface area contributed by atoms with Gasteiger partial charge in [0.15, 0.2) is 0 Å². The molecular weight excluding hydrogens is 186 g/mol. The first-order valence-electron chi connectivity index (χ1n) is 6.43. The molecule has 0 saturated heterocycles. The molecule has 0 unspecified atom stereocenters. The van der Waals surface area contributed by atoms with E-state index in [9.17, 15) is 0 Å². The third kappa shape index (κ3) is 2.33. The molecule has 86 valence electrons. The van der Waals surface area contributed by atoms with Crippen molar-refractivity contribution in [2.45, 2.75) is 33.1 Å². The van der Waals surface area contributed by atoms with E-state index < -0.39 is 0 Å². The normalized spacial score (nSPS) is 21.4. The van der Waals surface area contributed by atoms with Crippen molar-refractivity contribution in [2.24, 2.45) is 0 Å². The van der Waals surface area contributed by atoms with Gasteiger partial charge in [-0.3, -0.25) is 14.4 Å². The van der Waals surface area contributed by atoms with Gasteiger partial charge in [-0.25, -0.2) is 0 Å². The summed E-state index contributed by atoms with van der Waals surface area (Å²) in [6.07, 6.45) is 4.01. The van der Waals surface area contributed by atoms with Crippen molar-refractivity contribution < 1.29 is 4.58 Å². The number of amidine groups is 1. The Hall–Kier alpha value is -0.570. The molecule has 2 aliphatic heterocycles. The van der Waals surface area contributed by atoms with Gasteiger partial charge in [-0.05, 0) is 19.5 Å². The summed E-state index contributed by atoms with van der Waals surface area (Å²) < 4.78 is 2.59. The molecule has 0 aromatic heterocycles. The van der Waals surface area contributed by atoms with Crippen LogP contribution in [-0.4, -0.2) is 59.6 Å². The molecular formula is C12H24N3+. The monoisotopic (exact) mass is 210 g/mol. The molecule has 0 aromatic rings. The van der Waals surface area contributed by atoms with Crippen LogP contribution in [0.2, 0.25) is 0 Å². The van der Waals surface area contributed by atoms with Crippen LogP contribution in [0.3, 0.4) is 0 Å². The van der Waals surface area contributed by atoms with Crippen LogP contribution in [0.5, 0.6) is 0 Å². The minimum atomic E-state index is 1.14. The van der Waals surface area contributed by atoms with Crippen molar-refractivity contribution in [1.29, 1.82) is 0 Å². The predicted octanol–water partition coefficient (Wildman–Crippen LogP) is 1.20. The Balaban J connectivity index is 1.99. The van der Waals surface area contributed by atoms with Crippen LogP contribution in [0, 0.1) is 0 Å². The van der Waals surface area contributed by atoms with Crippen LogP contribution >= 0.6 is 0 Å². The molecule has 2 heterocycles. The maximum Gasteiger partial charge on any atom is 0.248 e. The molecule has 0 aromatic carbocycles. The van der Waals surface area contributed by atoms with E-state index in [4.69, 9.17) is 0 Å². The molecule has 0 N–H and O–H groups in total. The summed E-state index contributed by atoms with van der Waals surface area (Å²) in [5.41, 5.74) is 0. The van der Waals surface area contributed by atoms with E-state index in [1.807, 2.05) is 0 Å². The lowest BCUT2D eigenvalue weighted by Crippen LogP contribution is -2.47. The van der Waals surface area contributed by atoms with E-state index in [-0.39, 0.29) is 0 Å². The van der Waals surface area contributed by atoms with E-state index in [1.165, 1.54) is 52.0 Å². The predicted molar refractivity (Wildman–Crippen MR) is 63.3 cm³/mol. The van der Waals surface area contributed by atoms with Crippen molar-refractivity contribution in [3.8, 4) is 0 Å². The van der Waals surface area contributed by atoms with E-state index in [2.05, 4.69) is 28.2 Å². The molecule has 0 spiro atoms. The highest BCUT2D eigenvalue weighted by Gasteiger charge is 2.31. The number of hydrogen-bond acceptors (Lipinski definition) is 2.